The molecule has 0 aliphatic carbocycles. The molecule has 0 bridgehead atoms. The van der Waals surface area contributed by atoms with Crippen LogP contribution in [0.25, 0.3) is 0 Å². The van der Waals surface area contributed by atoms with Crippen molar-refractivity contribution in [3.63, 3.8) is 0 Å². The summed E-state index contributed by atoms with van der Waals surface area (Å²) < 4.78 is 0. The Morgan fingerprint density at radius 2 is 1.33 bits per heavy atom. The van der Waals surface area contributed by atoms with Crippen molar-refractivity contribution in [3.8, 4) is 0 Å². The zero-order valence-corrected chi connectivity index (χ0v) is 7.62. The monoisotopic (exact) mass is 164 g/mol. The molecular weight excluding hydrogens is 148 g/mol. The fourth-order valence-electron chi connectivity index (χ4n) is 1.10. The second-order valence-electron chi connectivity index (χ2n) is 3.35. The summed E-state index contributed by atoms with van der Waals surface area (Å²) in [6, 6.07) is 8.12. The van der Waals surface area contributed by atoms with E-state index in [-0.39, 0.29) is 6.17 Å². The molecule has 0 fully saturated rings. The lowest BCUT2D eigenvalue weighted by Crippen LogP contribution is -2.19. The fraction of sp³-hybridized carbons (Fsp3) is 0.400. The largest absolute Gasteiger partial charge is 0.312 e. The summed E-state index contributed by atoms with van der Waals surface area (Å²) in [6.45, 7) is 4.33. The van der Waals surface area contributed by atoms with Crippen LogP contribution >= 0.6 is 0 Å². The van der Waals surface area contributed by atoms with Gasteiger partial charge in [-0.05, 0) is 17.0 Å². The Labute approximate surface area is 73.6 Å². The van der Waals surface area contributed by atoms with Gasteiger partial charge in [-0.1, -0.05) is 38.1 Å². The van der Waals surface area contributed by atoms with Gasteiger partial charge in [0.25, 0.3) is 0 Å². The van der Waals surface area contributed by atoms with E-state index in [2.05, 4.69) is 26.0 Å². The van der Waals surface area contributed by atoms with Crippen LogP contribution in [0.5, 0.6) is 0 Å². The van der Waals surface area contributed by atoms with Gasteiger partial charge in [0.15, 0.2) is 0 Å². The molecule has 1 aromatic carbocycles. The van der Waals surface area contributed by atoms with Gasteiger partial charge in [-0.3, -0.25) is 0 Å². The molecule has 0 unspecified atom stereocenters. The van der Waals surface area contributed by atoms with E-state index in [1.807, 2.05) is 12.1 Å². The molecule has 0 amide bonds. The minimum Gasteiger partial charge on any atom is -0.312 e. The van der Waals surface area contributed by atoms with Gasteiger partial charge in [-0.25, -0.2) is 0 Å². The topological polar surface area (TPSA) is 52.0 Å². The van der Waals surface area contributed by atoms with Gasteiger partial charge < -0.3 is 11.5 Å². The zero-order valence-electron chi connectivity index (χ0n) is 7.62. The van der Waals surface area contributed by atoms with Gasteiger partial charge in [-0.2, -0.15) is 0 Å². The zero-order chi connectivity index (χ0) is 9.14. The summed E-state index contributed by atoms with van der Waals surface area (Å²) in [5.74, 6) is 0.563. The first-order valence-corrected chi connectivity index (χ1v) is 4.22. The maximum Gasteiger partial charge on any atom is 0.0784 e. The number of nitrogens with two attached hydrogens (primary N) is 2. The molecular formula is C10H16N2. The van der Waals surface area contributed by atoms with Crippen molar-refractivity contribution in [2.75, 3.05) is 0 Å². The average molecular weight is 164 g/mol. The predicted octanol–water partition coefficient (Wildman–Crippen LogP) is 1.73. The Kier molecular flexibility index (Phi) is 2.84. The van der Waals surface area contributed by atoms with E-state index in [0.29, 0.717) is 5.92 Å². The average Bonchev–Trinajstić information content (AvgIpc) is 2.04. The maximum atomic E-state index is 5.52. The van der Waals surface area contributed by atoms with Gasteiger partial charge in [0, 0.05) is 0 Å². The third-order valence-corrected chi connectivity index (χ3v) is 1.99. The highest BCUT2D eigenvalue weighted by Crippen LogP contribution is 2.15. The second kappa shape index (κ2) is 3.70. The Bertz CT molecular complexity index is 210. The van der Waals surface area contributed by atoms with E-state index in [1.54, 1.807) is 0 Å². The van der Waals surface area contributed by atoms with Crippen molar-refractivity contribution in [2.45, 2.75) is 25.9 Å². The molecule has 0 radical (unpaired) electrons. The van der Waals surface area contributed by atoms with Crippen molar-refractivity contribution < 1.29 is 0 Å². The minimum atomic E-state index is -0.355. The Balaban J connectivity index is 2.86. The van der Waals surface area contributed by atoms with Crippen LogP contribution in [-0.4, -0.2) is 0 Å². The molecule has 0 heterocycles. The maximum absolute atomic E-state index is 5.52. The van der Waals surface area contributed by atoms with Crippen LogP contribution in [0.15, 0.2) is 24.3 Å². The second-order valence-corrected chi connectivity index (χ2v) is 3.35. The van der Waals surface area contributed by atoms with E-state index in [0.717, 1.165) is 5.56 Å². The molecule has 2 nitrogen and oxygen atoms in total. The molecule has 0 spiro atoms. The van der Waals surface area contributed by atoms with Gasteiger partial charge in [0.1, 0.15) is 0 Å². The van der Waals surface area contributed by atoms with Crippen LogP contribution in [0.4, 0.5) is 0 Å². The van der Waals surface area contributed by atoms with Crippen molar-refractivity contribution in [1.82, 2.24) is 0 Å². The smallest absolute Gasteiger partial charge is 0.0784 e. The molecule has 1 aromatic rings. The van der Waals surface area contributed by atoms with Crippen LogP contribution < -0.4 is 11.5 Å². The molecule has 4 N–H and O–H groups in total. The summed E-state index contributed by atoms with van der Waals surface area (Å²) in [7, 11) is 0. The highest BCUT2D eigenvalue weighted by atomic mass is 14.8. The van der Waals surface area contributed by atoms with E-state index >= 15 is 0 Å². The van der Waals surface area contributed by atoms with Gasteiger partial charge in [0.05, 0.1) is 6.17 Å². The number of hydrogen-bond donors (Lipinski definition) is 2. The van der Waals surface area contributed by atoms with Gasteiger partial charge in [-0.15, -0.1) is 0 Å². The molecule has 0 aliphatic rings. The van der Waals surface area contributed by atoms with Crippen LogP contribution in [0.3, 0.4) is 0 Å². The summed E-state index contributed by atoms with van der Waals surface area (Å²) >= 11 is 0. The number of rotatable bonds is 2. The molecule has 0 saturated heterocycles. The van der Waals surface area contributed by atoms with Crippen molar-refractivity contribution in [1.29, 1.82) is 0 Å². The van der Waals surface area contributed by atoms with E-state index in [4.69, 9.17) is 11.5 Å². The molecule has 0 aliphatic heterocycles. The van der Waals surface area contributed by atoms with Crippen LogP contribution in [-0.2, 0) is 0 Å². The fourth-order valence-corrected chi connectivity index (χ4v) is 1.10. The SMILES string of the molecule is CC(C)c1ccc(C(N)N)cc1. The Morgan fingerprint density at radius 3 is 1.67 bits per heavy atom. The normalized spacial score (nSPS) is 11.2. The predicted molar refractivity (Wildman–Crippen MR) is 51.6 cm³/mol. The van der Waals surface area contributed by atoms with Crippen molar-refractivity contribution >= 4 is 0 Å². The van der Waals surface area contributed by atoms with Crippen LogP contribution in [0.1, 0.15) is 37.1 Å². The molecule has 66 valence electrons. The van der Waals surface area contributed by atoms with Gasteiger partial charge in [0.2, 0.25) is 0 Å². The van der Waals surface area contributed by atoms with E-state index in [1.165, 1.54) is 5.56 Å². The lowest BCUT2D eigenvalue weighted by molar-refractivity contribution is 0.770. The summed E-state index contributed by atoms with van der Waals surface area (Å²) in [6.07, 6.45) is -0.355. The Hall–Kier alpha value is -0.860. The molecule has 1 rings (SSSR count). The first-order valence-electron chi connectivity index (χ1n) is 4.22. The lowest BCUT2D eigenvalue weighted by Gasteiger charge is -2.08. The standard InChI is InChI=1S/C10H16N2/c1-7(2)8-3-5-9(6-4-8)10(11)12/h3-7,10H,11-12H2,1-2H3. The molecule has 2 heteroatoms. The number of hydrogen-bond acceptors (Lipinski definition) is 2. The lowest BCUT2D eigenvalue weighted by atomic mass is 10.0. The highest BCUT2D eigenvalue weighted by Gasteiger charge is 2.01. The third-order valence-electron chi connectivity index (χ3n) is 1.99. The highest BCUT2D eigenvalue weighted by molar-refractivity contribution is 5.26. The molecule has 0 saturated carbocycles. The van der Waals surface area contributed by atoms with E-state index < -0.39 is 0 Å². The number of benzene rings is 1. The van der Waals surface area contributed by atoms with Crippen molar-refractivity contribution in [3.05, 3.63) is 35.4 Å². The Morgan fingerprint density at radius 1 is 0.917 bits per heavy atom. The van der Waals surface area contributed by atoms with Crippen LogP contribution in [0, 0.1) is 0 Å². The summed E-state index contributed by atoms with van der Waals surface area (Å²) in [4.78, 5) is 0. The quantitative estimate of drug-likeness (QED) is 0.654. The minimum absolute atomic E-state index is 0.355. The van der Waals surface area contributed by atoms with Crippen LogP contribution in [0.2, 0.25) is 0 Å². The third kappa shape index (κ3) is 2.06. The van der Waals surface area contributed by atoms with Crippen molar-refractivity contribution in [2.24, 2.45) is 11.5 Å². The summed E-state index contributed by atoms with van der Waals surface area (Å²) in [5.41, 5.74) is 13.3. The first-order chi connectivity index (χ1) is 5.61. The van der Waals surface area contributed by atoms with Gasteiger partial charge >= 0.3 is 0 Å². The molecule has 0 aromatic heterocycles. The summed E-state index contributed by atoms with van der Waals surface area (Å²) in [5, 5.41) is 0. The first kappa shape index (κ1) is 9.23. The van der Waals surface area contributed by atoms with E-state index in [9.17, 15) is 0 Å². The molecule has 0 atom stereocenters. The molecule has 12 heavy (non-hydrogen) atoms.